The van der Waals surface area contributed by atoms with E-state index in [1.807, 2.05) is 0 Å². The number of nitrogens with one attached hydrogen (secondary N) is 2. The highest BCUT2D eigenvalue weighted by Gasteiger charge is 2.26. The zero-order valence-electron chi connectivity index (χ0n) is 10.0. The van der Waals surface area contributed by atoms with Crippen molar-refractivity contribution < 1.29 is 13.2 Å². The number of aromatic amines is 2. The van der Waals surface area contributed by atoms with Crippen molar-refractivity contribution in [3.05, 3.63) is 28.7 Å². The van der Waals surface area contributed by atoms with Crippen molar-refractivity contribution in [3.8, 4) is 0 Å². The molecule has 19 heavy (non-hydrogen) atoms. The molecule has 2 heterocycles. The van der Waals surface area contributed by atoms with E-state index in [4.69, 9.17) is 4.74 Å². The highest BCUT2D eigenvalue weighted by Crippen LogP contribution is 2.20. The van der Waals surface area contributed by atoms with E-state index in [1.54, 1.807) is 6.07 Å². The molecule has 0 saturated carbocycles. The Labute approximate surface area is 109 Å². The van der Waals surface area contributed by atoms with Crippen LogP contribution in [0.3, 0.4) is 0 Å². The summed E-state index contributed by atoms with van der Waals surface area (Å²) in [5.41, 5.74) is 0.723. The first-order valence-electron chi connectivity index (χ1n) is 5.87. The summed E-state index contributed by atoms with van der Waals surface area (Å²) in [5, 5.41) is 0. The van der Waals surface area contributed by atoms with Gasteiger partial charge in [-0.15, -0.1) is 0 Å². The van der Waals surface area contributed by atoms with Crippen LogP contribution in [0.1, 0.15) is 0 Å². The van der Waals surface area contributed by atoms with Crippen LogP contribution >= 0.6 is 0 Å². The summed E-state index contributed by atoms with van der Waals surface area (Å²) in [7, 11) is -3.53. The summed E-state index contributed by atoms with van der Waals surface area (Å²) >= 11 is 0. The smallest absolute Gasteiger partial charge is 0.323 e. The molecule has 0 bridgehead atoms. The first kappa shape index (κ1) is 12.4. The van der Waals surface area contributed by atoms with E-state index >= 15 is 0 Å². The van der Waals surface area contributed by atoms with Gasteiger partial charge in [-0.1, -0.05) is 0 Å². The number of fused-ring (bicyclic) bond motifs is 1. The Hall–Kier alpha value is -1.64. The average Bonchev–Trinajstić information content (AvgIpc) is 2.78. The number of nitrogens with zero attached hydrogens (tertiary/aromatic N) is 1. The molecule has 0 aliphatic carbocycles. The maximum atomic E-state index is 12.4. The maximum absolute atomic E-state index is 12.4. The molecule has 3 rings (SSSR count). The molecule has 7 nitrogen and oxygen atoms in total. The van der Waals surface area contributed by atoms with Crippen molar-refractivity contribution >= 4 is 21.1 Å². The molecule has 0 unspecified atom stereocenters. The molecule has 8 heteroatoms. The van der Waals surface area contributed by atoms with Gasteiger partial charge >= 0.3 is 5.69 Å². The van der Waals surface area contributed by atoms with Crippen molar-refractivity contribution in [2.45, 2.75) is 4.90 Å². The van der Waals surface area contributed by atoms with E-state index in [-0.39, 0.29) is 10.6 Å². The monoisotopic (exact) mass is 283 g/mol. The Kier molecular flexibility index (Phi) is 2.92. The third kappa shape index (κ3) is 2.18. The molecule has 1 aromatic heterocycles. The summed E-state index contributed by atoms with van der Waals surface area (Å²) in [6, 6.07) is 4.55. The molecule has 1 aliphatic heterocycles. The van der Waals surface area contributed by atoms with Crippen LogP contribution < -0.4 is 5.69 Å². The maximum Gasteiger partial charge on any atom is 0.323 e. The molecule has 1 saturated heterocycles. The van der Waals surface area contributed by atoms with Crippen molar-refractivity contribution in [1.29, 1.82) is 0 Å². The topological polar surface area (TPSA) is 95.3 Å². The second-order valence-electron chi connectivity index (χ2n) is 4.30. The lowest BCUT2D eigenvalue weighted by Crippen LogP contribution is -2.40. The average molecular weight is 283 g/mol. The van der Waals surface area contributed by atoms with Gasteiger partial charge in [-0.3, -0.25) is 0 Å². The quantitative estimate of drug-likeness (QED) is 0.803. The second kappa shape index (κ2) is 4.48. The van der Waals surface area contributed by atoms with Crippen LogP contribution in [0.15, 0.2) is 27.9 Å². The predicted molar refractivity (Wildman–Crippen MR) is 68.5 cm³/mol. The first-order chi connectivity index (χ1) is 9.07. The number of H-pyrrole nitrogens is 2. The molecular weight excluding hydrogens is 270 g/mol. The molecule has 102 valence electrons. The van der Waals surface area contributed by atoms with Gasteiger partial charge in [0.2, 0.25) is 10.0 Å². The second-order valence-corrected chi connectivity index (χ2v) is 6.24. The minimum Gasteiger partial charge on any atom is -0.379 e. The Morgan fingerprint density at radius 3 is 2.53 bits per heavy atom. The lowest BCUT2D eigenvalue weighted by Gasteiger charge is -2.25. The van der Waals surface area contributed by atoms with Gasteiger partial charge in [0.05, 0.1) is 29.1 Å². The molecule has 0 radical (unpaired) electrons. The molecular formula is C11H13N3O4S. The summed E-state index contributed by atoms with van der Waals surface area (Å²) < 4.78 is 31.3. The molecule has 1 fully saturated rings. The van der Waals surface area contributed by atoms with Crippen LogP contribution in [0.25, 0.3) is 11.0 Å². The van der Waals surface area contributed by atoms with Gasteiger partial charge in [-0.2, -0.15) is 4.31 Å². The Balaban J connectivity index is 2.04. The van der Waals surface area contributed by atoms with Crippen LogP contribution in [0.5, 0.6) is 0 Å². The van der Waals surface area contributed by atoms with Gasteiger partial charge in [0.1, 0.15) is 0 Å². The summed E-state index contributed by atoms with van der Waals surface area (Å²) in [5.74, 6) is 0. The zero-order chi connectivity index (χ0) is 13.5. The van der Waals surface area contributed by atoms with E-state index in [9.17, 15) is 13.2 Å². The van der Waals surface area contributed by atoms with Gasteiger partial charge in [-0.05, 0) is 18.2 Å². The van der Waals surface area contributed by atoms with Crippen molar-refractivity contribution in [1.82, 2.24) is 14.3 Å². The lowest BCUT2D eigenvalue weighted by molar-refractivity contribution is 0.0730. The van der Waals surface area contributed by atoms with Gasteiger partial charge in [-0.25, -0.2) is 13.2 Å². The molecule has 0 spiro atoms. The van der Waals surface area contributed by atoms with Crippen LogP contribution in [0.2, 0.25) is 0 Å². The fourth-order valence-electron chi connectivity index (χ4n) is 2.11. The number of morpholine rings is 1. The molecule has 0 amide bonds. The van der Waals surface area contributed by atoms with E-state index in [2.05, 4.69) is 9.97 Å². The predicted octanol–water partition coefficient (Wildman–Crippen LogP) is -0.123. The van der Waals surface area contributed by atoms with Gasteiger partial charge in [0, 0.05) is 13.1 Å². The van der Waals surface area contributed by atoms with Crippen molar-refractivity contribution in [2.75, 3.05) is 26.3 Å². The normalized spacial score (nSPS) is 17.9. The third-order valence-corrected chi connectivity index (χ3v) is 4.99. The third-order valence-electron chi connectivity index (χ3n) is 3.10. The fraction of sp³-hybridized carbons (Fsp3) is 0.364. The number of sulfonamides is 1. The summed E-state index contributed by atoms with van der Waals surface area (Å²) in [4.78, 5) is 16.5. The minimum absolute atomic E-state index is 0.178. The fourth-order valence-corrected chi connectivity index (χ4v) is 3.54. The van der Waals surface area contributed by atoms with Gasteiger partial charge < -0.3 is 14.7 Å². The number of rotatable bonds is 2. The number of ether oxygens (including phenoxy) is 1. The zero-order valence-corrected chi connectivity index (χ0v) is 10.9. The standard InChI is InChI=1S/C11H13N3O4S/c15-11-12-9-2-1-8(7-10(9)13-11)19(16,17)14-3-5-18-6-4-14/h1-2,7H,3-6H2,(H2,12,13,15). The van der Waals surface area contributed by atoms with Gasteiger partial charge in [0.15, 0.2) is 0 Å². The highest BCUT2D eigenvalue weighted by atomic mass is 32.2. The van der Waals surface area contributed by atoms with Crippen molar-refractivity contribution in [3.63, 3.8) is 0 Å². The number of hydrogen-bond donors (Lipinski definition) is 2. The largest absolute Gasteiger partial charge is 0.379 e. The molecule has 2 N–H and O–H groups in total. The van der Waals surface area contributed by atoms with Crippen molar-refractivity contribution in [2.24, 2.45) is 0 Å². The number of hydrogen-bond acceptors (Lipinski definition) is 4. The van der Waals surface area contributed by atoms with E-state index in [1.165, 1.54) is 16.4 Å². The van der Waals surface area contributed by atoms with Crippen LogP contribution in [-0.4, -0.2) is 49.0 Å². The Morgan fingerprint density at radius 2 is 1.79 bits per heavy atom. The number of benzene rings is 1. The highest BCUT2D eigenvalue weighted by molar-refractivity contribution is 7.89. The lowest BCUT2D eigenvalue weighted by atomic mass is 10.3. The van der Waals surface area contributed by atoms with E-state index in [0.717, 1.165) is 0 Å². The molecule has 1 aromatic carbocycles. The Morgan fingerprint density at radius 1 is 1.11 bits per heavy atom. The molecule has 2 aromatic rings. The van der Waals surface area contributed by atoms with Crippen LogP contribution in [-0.2, 0) is 14.8 Å². The molecule has 1 aliphatic rings. The summed E-state index contributed by atoms with van der Waals surface area (Å²) in [6.07, 6.45) is 0. The van der Waals surface area contributed by atoms with Gasteiger partial charge in [0.25, 0.3) is 0 Å². The van der Waals surface area contributed by atoms with Crippen LogP contribution in [0, 0.1) is 0 Å². The first-order valence-corrected chi connectivity index (χ1v) is 7.31. The number of aromatic nitrogens is 2. The summed E-state index contributed by atoms with van der Waals surface area (Å²) in [6.45, 7) is 1.51. The van der Waals surface area contributed by atoms with E-state index in [0.29, 0.717) is 37.3 Å². The Bertz CT molecular complexity index is 756. The minimum atomic E-state index is -3.53. The SMILES string of the molecule is O=c1[nH]c2ccc(S(=O)(=O)N3CCOCC3)cc2[nH]1. The van der Waals surface area contributed by atoms with Crippen LogP contribution in [0.4, 0.5) is 0 Å². The molecule has 0 atom stereocenters. The number of imidazole rings is 1. The van der Waals surface area contributed by atoms with E-state index < -0.39 is 10.0 Å².